The van der Waals surface area contributed by atoms with Gasteiger partial charge in [0, 0.05) is 25.2 Å². The number of likely N-dealkylation sites (tertiary alicyclic amines) is 1. The van der Waals surface area contributed by atoms with E-state index in [-0.39, 0.29) is 6.09 Å². The maximum absolute atomic E-state index is 12.1. The highest BCUT2D eigenvalue weighted by molar-refractivity contribution is 7.18. The van der Waals surface area contributed by atoms with Crippen LogP contribution >= 0.6 is 11.3 Å². The predicted octanol–water partition coefficient (Wildman–Crippen LogP) is 3.81. The fourth-order valence-electron chi connectivity index (χ4n) is 2.60. The Hall–Kier alpha value is -1.69. The zero-order chi connectivity index (χ0) is 15.7. The van der Waals surface area contributed by atoms with Gasteiger partial charge < -0.3 is 9.64 Å². The fraction of sp³-hybridized carbons (Fsp3) is 0.562. The lowest BCUT2D eigenvalue weighted by atomic mass is 9.98. The maximum atomic E-state index is 12.1. The number of hydrogen-bond acceptors (Lipinski definition) is 5. The van der Waals surface area contributed by atoms with E-state index in [9.17, 15) is 4.79 Å². The van der Waals surface area contributed by atoms with Crippen LogP contribution in [0.1, 0.15) is 44.5 Å². The molecule has 5 nitrogen and oxygen atoms in total. The summed E-state index contributed by atoms with van der Waals surface area (Å²) in [5, 5.41) is 1.14. The molecule has 0 bridgehead atoms. The topological polar surface area (TPSA) is 55.3 Å². The first-order chi connectivity index (χ1) is 10.4. The molecule has 1 saturated heterocycles. The number of thiazole rings is 1. The molecule has 118 valence electrons. The van der Waals surface area contributed by atoms with Crippen LogP contribution in [-0.4, -0.2) is 39.7 Å². The second-order valence-electron chi connectivity index (χ2n) is 6.62. The summed E-state index contributed by atoms with van der Waals surface area (Å²) in [5.41, 5.74) is 0.532. The molecule has 0 radical (unpaired) electrons. The molecule has 0 unspecified atom stereocenters. The minimum Gasteiger partial charge on any atom is -0.444 e. The van der Waals surface area contributed by atoms with E-state index in [1.54, 1.807) is 22.4 Å². The number of amides is 1. The van der Waals surface area contributed by atoms with Gasteiger partial charge >= 0.3 is 6.09 Å². The number of carbonyl (C=O) groups excluding carboxylic acids is 1. The number of aromatic nitrogens is 2. The Morgan fingerprint density at radius 2 is 2.09 bits per heavy atom. The molecule has 1 aliphatic rings. The molecule has 0 aromatic carbocycles. The lowest BCUT2D eigenvalue weighted by Crippen LogP contribution is -2.41. The van der Waals surface area contributed by atoms with Crippen molar-refractivity contribution in [1.82, 2.24) is 14.9 Å². The Bertz CT molecular complexity index is 636. The largest absolute Gasteiger partial charge is 0.444 e. The normalized spacial score (nSPS) is 17.0. The van der Waals surface area contributed by atoms with Crippen LogP contribution in [0.2, 0.25) is 0 Å². The highest BCUT2D eigenvalue weighted by Crippen LogP contribution is 2.33. The summed E-state index contributed by atoms with van der Waals surface area (Å²) in [6, 6.07) is 3.91. The van der Waals surface area contributed by atoms with Gasteiger partial charge in [-0.2, -0.15) is 0 Å². The molecular weight excluding hydrogens is 298 g/mol. The third kappa shape index (κ3) is 3.38. The van der Waals surface area contributed by atoms with Crippen molar-refractivity contribution in [2.45, 2.75) is 45.1 Å². The number of hydrogen-bond donors (Lipinski definition) is 0. The molecule has 3 heterocycles. The number of piperidine rings is 1. The van der Waals surface area contributed by atoms with Crippen molar-refractivity contribution < 1.29 is 9.53 Å². The molecule has 0 aliphatic carbocycles. The Balaban J connectivity index is 1.63. The van der Waals surface area contributed by atoms with Crippen molar-refractivity contribution in [3.63, 3.8) is 0 Å². The zero-order valence-electron chi connectivity index (χ0n) is 13.2. The number of carbonyl (C=O) groups is 1. The van der Waals surface area contributed by atoms with Crippen molar-refractivity contribution in [3.05, 3.63) is 23.3 Å². The van der Waals surface area contributed by atoms with Crippen LogP contribution in [0.4, 0.5) is 4.79 Å². The Labute approximate surface area is 134 Å². The molecule has 1 fully saturated rings. The van der Waals surface area contributed by atoms with E-state index in [1.165, 1.54) is 0 Å². The lowest BCUT2D eigenvalue weighted by molar-refractivity contribution is 0.0205. The average Bonchev–Trinajstić information content (AvgIpc) is 2.89. The van der Waals surface area contributed by atoms with Gasteiger partial charge in [-0.15, -0.1) is 0 Å². The van der Waals surface area contributed by atoms with E-state index in [0.717, 1.165) is 41.3 Å². The molecule has 2 aromatic heterocycles. The summed E-state index contributed by atoms with van der Waals surface area (Å²) in [7, 11) is 0. The number of pyridine rings is 1. The Morgan fingerprint density at radius 1 is 1.36 bits per heavy atom. The number of ether oxygens (including phenoxy) is 1. The number of nitrogens with zero attached hydrogens (tertiary/aromatic N) is 3. The first-order valence-corrected chi connectivity index (χ1v) is 8.43. The summed E-state index contributed by atoms with van der Waals surface area (Å²) in [5.74, 6) is 0.415. The zero-order valence-corrected chi connectivity index (χ0v) is 14.0. The van der Waals surface area contributed by atoms with Crippen LogP contribution in [-0.2, 0) is 4.74 Å². The van der Waals surface area contributed by atoms with Gasteiger partial charge in [0.05, 0.1) is 5.01 Å². The van der Waals surface area contributed by atoms with Crippen molar-refractivity contribution in [1.29, 1.82) is 0 Å². The summed E-state index contributed by atoms with van der Waals surface area (Å²) in [6.07, 6.45) is 3.45. The molecule has 0 spiro atoms. The Morgan fingerprint density at radius 3 is 2.73 bits per heavy atom. The van der Waals surface area contributed by atoms with E-state index < -0.39 is 5.60 Å². The van der Waals surface area contributed by atoms with Crippen LogP contribution in [0.3, 0.4) is 0 Å². The van der Waals surface area contributed by atoms with Crippen molar-refractivity contribution in [2.24, 2.45) is 0 Å². The van der Waals surface area contributed by atoms with E-state index >= 15 is 0 Å². The molecule has 1 aliphatic heterocycles. The van der Waals surface area contributed by atoms with E-state index in [4.69, 9.17) is 4.74 Å². The quantitative estimate of drug-likeness (QED) is 0.802. The van der Waals surface area contributed by atoms with Crippen molar-refractivity contribution in [2.75, 3.05) is 13.1 Å². The standard InChI is InChI=1S/C16H21N3O2S/c1-16(2,3)21-15(20)19-9-6-11(7-10-19)13-18-12-5-4-8-17-14(12)22-13/h4-5,8,11H,6-7,9-10H2,1-3H3. The first kappa shape index (κ1) is 15.2. The monoisotopic (exact) mass is 319 g/mol. The van der Waals surface area contributed by atoms with Gasteiger partial charge in [0.1, 0.15) is 15.9 Å². The maximum Gasteiger partial charge on any atom is 0.410 e. The molecule has 0 N–H and O–H groups in total. The minimum absolute atomic E-state index is 0.211. The second-order valence-corrected chi connectivity index (χ2v) is 7.63. The minimum atomic E-state index is -0.438. The summed E-state index contributed by atoms with van der Waals surface area (Å²) in [4.78, 5) is 23.9. The van der Waals surface area contributed by atoms with Gasteiger partial charge in [-0.25, -0.2) is 14.8 Å². The lowest BCUT2D eigenvalue weighted by Gasteiger charge is -2.32. The van der Waals surface area contributed by atoms with Gasteiger partial charge in [-0.1, -0.05) is 11.3 Å². The van der Waals surface area contributed by atoms with Crippen LogP contribution in [0, 0.1) is 0 Å². The third-order valence-electron chi connectivity index (χ3n) is 3.68. The van der Waals surface area contributed by atoms with Crippen LogP contribution < -0.4 is 0 Å². The SMILES string of the molecule is CC(C)(C)OC(=O)N1CCC(c2nc3cccnc3s2)CC1. The highest BCUT2D eigenvalue weighted by atomic mass is 32.1. The molecule has 2 aromatic rings. The molecule has 3 rings (SSSR count). The molecule has 6 heteroatoms. The van der Waals surface area contributed by atoms with Gasteiger partial charge in [-0.05, 0) is 45.7 Å². The van der Waals surface area contributed by atoms with Crippen LogP contribution in [0.15, 0.2) is 18.3 Å². The van der Waals surface area contributed by atoms with Crippen molar-refractivity contribution >= 4 is 27.8 Å². The predicted molar refractivity (Wildman–Crippen MR) is 87.2 cm³/mol. The third-order valence-corrected chi connectivity index (χ3v) is 4.82. The number of rotatable bonds is 1. The van der Waals surface area contributed by atoms with Crippen LogP contribution in [0.5, 0.6) is 0 Å². The summed E-state index contributed by atoms with van der Waals surface area (Å²) < 4.78 is 5.43. The summed E-state index contributed by atoms with van der Waals surface area (Å²) in [6.45, 7) is 7.13. The van der Waals surface area contributed by atoms with E-state index in [2.05, 4.69) is 9.97 Å². The molecular formula is C16H21N3O2S. The van der Waals surface area contributed by atoms with Gasteiger partial charge in [0.15, 0.2) is 0 Å². The van der Waals surface area contributed by atoms with Gasteiger partial charge in [0.2, 0.25) is 0 Å². The average molecular weight is 319 g/mol. The number of fused-ring (bicyclic) bond motifs is 1. The fourth-order valence-corrected chi connectivity index (χ4v) is 3.67. The molecule has 0 saturated carbocycles. The smallest absolute Gasteiger partial charge is 0.410 e. The van der Waals surface area contributed by atoms with Crippen molar-refractivity contribution in [3.8, 4) is 0 Å². The molecule has 22 heavy (non-hydrogen) atoms. The Kier molecular flexibility index (Phi) is 4.04. The highest BCUT2D eigenvalue weighted by Gasteiger charge is 2.28. The second kappa shape index (κ2) is 5.83. The first-order valence-electron chi connectivity index (χ1n) is 7.62. The van der Waals surface area contributed by atoms with E-state index in [0.29, 0.717) is 5.92 Å². The molecule has 1 amide bonds. The van der Waals surface area contributed by atoms with Gasteiger partial charge in [0.25, 0.3) is 0 Å². The van der Waals surface area contributed by atoms with Crippen LogP contribution in [0.25, 0.3) is 10.3 Å². The van der Waals surface area contributed by atoms with Gasteiger partial charge in [-0.3, -0.25) is 0 Å². The molecule has 0 atom stereocenters. The van der Waals surface area contributed by atoms with E-state index in [1.807, 2.05) is 32.9 Å². The summed E-state index contributed by atoms with van der Waals surface area (Å²) >= 11 is 1.67.